The summed E-state index contributed by atoms with van der Waals surface area (Å²) in [7, 11) is 0. The van der Waals surface area contributed by atoms with Crippen LogP contribution >= 0.6 is 11.8 Å². The Morgan fingerprint density at radius 3 is 2.68 bits per heavy atom. The number of anilines is 1. The van der Waals surface area contributed by atoms with Crippen molar-refractivity contribution < 1.29 is 19.5 Å². The Bertz CT molecular complexity index is 1270. The van der Waals surface area contributed by atoms with Crippen molar-refractivity contribution in [3.05, 3.63) is 36.7 Å². The molecule has 196 valence electrons. The summed E-state index contributed by atoms with van der Waals surface area (Å²) in [6.45, 7) is 1.20. The molecule has 37 heavy (non-hydrogen) atoms. The highest BCUT2D eigenvalue weighted by Gasteiger charge is 2.28. The fraction of sp³-hybridized carbons (Fsp3) is 0.440. The monoisotopic (exact) mass is 525 g/mol. The van der Waals surface area contributed by atoms with Crippen molar-refractivity contribution in [2.45, 2.75) is 44.2 Å². The van der Waals surface area contributed by atoms with Gasteiger partial charge in [-0.3, -0.25) is 14.4 Å². The SMILES string of the molecule is Nc1ncnc2c1c(-c1ccccc1)nn2C1CCCN(C(=O)CCSCC(N)C(=O)CCC(=O)O)C1. The number of nitrogens with zero attached hydrogens (tertiary/aromatic N) is 5. The van der Waals surface area contributed by atoms with Gasteiger partial charge in [0.2, 0.25) is 5.91 Å². The molecule has 2 aromatic heterocycles. The van der Waals surface area contributed by atoms with Crippen LogP contribution in [0.3, 0.4) is 0 Å². The molecule has 1 aliphatic heterocycles. The van der Waals surface area contributed by atoms with E-state index in [2.05, 4.69) is 9.97 Å². The highest BCUT2D eigenvalue weighted by atomic mass is 32.2. The van der Waals surface area contributed by atoms with Crippen molar-refractivity contribution in [2.24, 2.45) is 5.73 Å². The number of hydrogen-bond acceptors (Lipinski definition) is 9. The van der Waals surface area contributed by atoms with Crippen molar-refractivity contribution in [3.63, 3.8) is 0 Å². The van der Waals surface area contributed by atoms with Crippen LogP contribution in [-0.2, 0) is 14.4 Å². The molecule has 0 radical (unpaired) electrons. The summed E-state index contributed by atoms with van der Waals surface area (Å²) < 4.78 is 1.88. The molecule has 12 heteroatoms. The zero-order valence-electron chi connectivity index (χ0n) is 20.5. The lowest BCUT2D eigenvalue weighted by atomic mass is 10.1. The molecule has 4 rings (SSSR count). The van der Waals surface area contributed by atoms with Crippen molar-refractivity contribution in [2.75, 3.05) is 30.3 Å². The molecule has 11 nitrogen and oxygen atoms in total. The molecule has 0 saturated carbocycles. The Balaban J connectivity index is 1.38. The van der Waals surface area contributed by atoms with E-state index in [1.807, 2.05) is 39.9 Å². The molecule has 1 aromatic carbocycles. The number of amides is 1. The average Bonchev–Trinajstić information content (AvgIpc) is 3.31. The largest absolute Gasteiger partial charge is 0.481 e. The summed E-state index contributed by atoms with van der Waals surface area (Å²) in [5.41, 5.74) is 14.4. The minimum absolute atomic E-state index is 0.0388. The van der Waals surface area contributed by atoms with E-state index in [0.717, 1.165) is 24.1 Å². The second-order valence-electron chi connectivity index (χ2n) is 9.04. The van der Waals surface area contributed by atoms with Gasteiger partial charge in [-0.05, 0) is 12.8 Å². The number of rotatable bonds is 11. The number of aliphatic carboxylic acids is 1. The minimum Gasteiger partial charge on any atom is -0.481 e. The van der Waals surface area contributed by atoms with E-state index in [4.69, 9.17) is 21.7 Å². The molecular weight excluding hydrogens is 494 g/mol. The Morgan fingerprint density at radius 2 is 1.92 bits per heavy atom. The lowest BCUT2D eigenvalue weighted by Gasteiger charge is -2.33. The number of nitrogen functional groups attached to an aromatic ring is 1. The average molecular weight is 526 g/mol. The van der Waals surface area contributed by atoms with E-state index in [0.29, 0.717) is 47.9 Å². The number of thioether (sulfide) groups is 1. The molecule has 1 aliphatic rings. The number of carboxylic acid groups (broad SMARTS) is 1. The van der Waals surface area contributed by atoms with Crippen LogP contribution in [0.1, 0.15) is 38.1 Å². The fourth-order valence-corrected chi connectivity index (χ4v) is 5.39. The van der Waals surface area contributed by atoms with E-state index in [1.54, 1.807) is 0 Å². The second-order valence-corrected chi connectivity index (χ2v) is 10.2. The molecule has 0 bridgehead atoms. The molecule has 0 spiro atoms. The van der Waals surface area contributed by atoms with Gasteiger partial charge in [-0.25, -0.2) is 14.6 Å². The molecule has 2 unspecified atom stereocenters. The number of carboxylic acids is 1. The summed E-state index contributed by atoms with van der Waals surface area (Å²) in [5, 5.41) is 14.3. The zero-order valence-corrected chi connectivity index (χ0v) is 21.3. The van der Waals surface area contributed by atoms with Crippen LogP contribution in [0.4, 0.5) is 5.82 Å². The highest BCUT2D eigenvalue weighted by molar-refractivity contribution is 7.99. The summed E-state index contributed by atoms with van der Waals surface area (Å²) in [4.78, 5) is 46.0. The van der Waals surface area contributed by atoms with Gasteiger partial charge in [0.05, 0.1) is 23.9 Å². The normalized spacial score (nSPS) is 16.6. The Labute approximate surface area is 218 Å². The summed E-state index contributed by atoms with van der Waals surface area (Å²) in [6.07, 6.45) is 3.18. The maximum Gasteiger partial charge on any atom is 0.303 e. The smallest absolute Gasteiger partial charge is 0.303 e. The number of benzene rings is 1. The van der Waals surface area contributed by atoms with Gasteiger partial charge < -0.3 is 21.5 Å². The van der Waals surface area contributed by atoms with Crippen LogP contribution in [0.25, 0.3) is 22.3 Å². The maximum absolute atomic E-state index is 12.9. The molecule has 3 aromatic rings. The Morgan fingerprint density at radius 1 is 1.14 bits per heavy atom. The van der Waals surface area contributed by atoms with Crippen LogP contribution in [0.2, 0.25) is 0 Å². The van der Waals surface area contributed by atoms with Crippen molar-refractivity contribution in [1.29, 1.82) is 0 Å². The van der Waals surface area contributed by atoms with E-state index in [9.17, 15) is 14.4 Å². The molecule has 1 amide bonds. The number of aromatic nitrogens is 4. The zero-order chi connectivity index (χ0) is 26.4. The Hall–Kier alpha value is -3.51. The van der Waals surface area contributed by atoms with Gasteiger partial charge in [-0.2, -0.15) is 16.9 Å². The van der Waals surface area contributed by atoms with Gasteiger partial charge in [0.15, 0.2) is 11.4 Å². The predicted molar refractivity (Wildman–Crippen MR) is 142 cm³/mol. The van der Waals surface area contributed by atoms with Gasteiger partial charge in [-0.15, -0.1) is 0 Å². The fourth-order valence-electron chi connectivity index (χ4n) is 4.47. The van der Waals surface area contributed by atoms with Crippen molar-refractivity contribution in [1.82, 2.24) is 24.6 Å². The minimum atomic E-state index is -1.02. The molecule has 2 atom stereocenters. The topological polar surface area (TPSA) is 170 Å². The maximum atomic E-state index is 12.9. The van der Waals surface area contributed by atoms with Gasteiger partial charge in [0, 0.05) is 43.0 Å². The molecule has 1 fully saturated rings. The predicted octanol–water partition coefficient (Wildman–Crippen LogP) is 2.12. The lowest BCUT2D eigenvalue weighted by molar-refractivity contribution is -0.138. The van der Waals surface area contributed by atoms with E-state index >= 15 is 0 Å². The number of ketones is 1. The first kappa shape index (κ1) is 26.6. The van der Waals surface area contributed by atoms with Crippen LogP contribution in [0.15, 0.2) is 36.7 Å². The molecular formula is C25H31N7O4S. The first-order valence-corrected chi connectivity index (χ1v) is 13.4. The molecule has 3 heterocycles. The number of nitrogens with two attached hydrogens (primary N) is 2. The summed E-state index contributed by atoms with van der Waals surface area (Å²) in [6, 6.07) is 9.00. The van der Waals surface area contributed by atoms with Crippen LogP contribution < -0.4 is 11.5 Å². The first-order chi connectivity index (χ1) is 17.8. The molecule has 1 saturated heterocycles. The second kappa shape index (κ2) is 12.2. The highest BCUT2D eigenvalue weighted by Crippen LogP contribution is 2.33. The van der Waals surface area contributed by atoms with Gasteiger partial charge in [-0.1, -0.05) is 30.3 Å². The summed E-state index contributed by atoms with van der Waals surface area (Å²) in [5.74, 6) is 0.0102. The number of fused-ring (bicyclic) bond motifs is 1. The van der Waals surface area contributed by atoms with Crippen molar-refractivity contribution >= 4 is 46.3 Å². The van der Waals surface area contributed by atoms with E-state index in [-0.39, 0.29) is 30.6 Å². The number of carbonyl (C=O) groups is 3. The Kier molecular flexibility index (Phi) is 8.72. The van der Waals surface area contributed by atoms with Crippen LogP contribution in [0, 0.1) is 0 Å². The lowest BCUT2D eigenvalue weighted by Crippen LogP contribution is -2.41. The number of hydrogen-bond donors (Lipinski definition) is 3. The number of Topliss-reactive ketones (excluding diaryl/α,β-unsaturated/α-hetero) is 1. The summed E-state index contributed by atoms with van der Waals surface area (Å²) >= 11 is 1.43. The third-order valence-electron chi connectivity index (χ3n) is 6.42. The molecule has 5 N–H and O–H groups in total. The standard InChI is InChI=1S/C25H31N7O4S/c26-18(19(33)8-9-21(35)36)14-37-12-10-20(34)31-11-4-7-17(13-31)32-25-22(24(27)28-15-29-25)23(30-32)16-5-2-1-3-6-16/h1-3,5-6,15,17-18H,4,7-14,26H2,(H,35,36)(H2,27,28,29). The van der Waals surface area contributed by atoms with E-state index in [1.165, 1.54) is 18.1 Å². The van der Waals surface area contributed by atoms with Gasteiger partial charge in [0.25, 0.3) is 0 Å². The number of piperidine rings is 1. The number of carbonyl (C=O) groups excluding carboxylic acids is 2. The van der Waals surface area contributed by atoms with Crippen LogP contribution in [-0.4, -0.2) is 78.1 Å². The third kappa shape index (κ3) is 6.44. The first-order valence-electron chi connectivity index (χ1n) is 12.2. The number of likely N-dealkylation sites (tertiary alicyclic amines) is 1. The van der Waals surface area contributed by atoms with Crippen LogP contribution in [0.5, 0.6) is 0 Å². The third-order valence-corrected chi connectivity index (χ3v) is 7.50. The van der Waals surface area contributed by atoms with Gasteiger partial charge in [0.1, 0.15) is 17.8 Å². The van der Waals surface area contributed by atoms with E-state index < -0.39 is 12.0 Å². The van der Waals surface area contributed by atoms with Crippen molar-refractivity contribution in [3.8, 4) is 11.3 Å². The quantitative estimate of drug-likeness (QED) is 0.315. The van der Waals surface area contributed by atoms with Gasteiger partial charge >= 0.3 is 5.97 Å². The molecule has 0 aliphatic carbocycles.